The molecule has 0 heterocycles. The summed E-state index contributed by atoms with van der Waals surface area (Å²) in [4.78, 5) is 12.2. The van der Waals surface area contributed by atoms with Crippen molar-refractivity contribution in [3.8, 4) is 0 Å². The summed E-state index contributed by atoms with van der Waals surface area (Å²) in [7, 11) is -3.64. The summed E-state index contributed by atoms with van der Waals surface area (Å²) in [5.41, 5.74) is 0.548. The van der Waals surface area contributed by atoms with Crippen LogP contribution in [0.1, 0.15) is 32.6 Å². The Morgan fingerprint density at radius 1 is 1.14 bits per heavy atom. The molecule has 0 aliphatic heterocycles. The van der Waals surface area contributed by atoms with Gasteiger partial charge in [0.1, 0.15) is 0 Å². The quantitative estimate of drug-likeness (QED) is 0.489. The number of nitrogens with one attached hydrogen (secondary N) is 1. The molecular weight excluding hydrogens is 422 g/mol. The third-order valence-electron chi connectivity index (χ3n) is 2.95. The van der Waals surface area contributed by atoms with Crippen LogP contribution >= 0.6 is 31.9 Å². The van der Waals surface area contributed by atoms with Gasteiger partial charge in [-0.2, -0.15) is 0 Å². The van der Waals surface area contributed by atoms with Crippen LogP contribution in [0.2, 0.25) is 0 Å². The molecule has 0 atom stereocenters. The third-order valence-corrected chi connectivity index (χ3v) is 8.43. The van der Waals surface area contributed by atoms with Crippen molar-refractivity contribution in [2.75, 3.05) is 11.1 Å². The molecule has 0 unspecified atom stereocenters. The summed E-state index contributed by atoms with van der Waals surface area (Å²) in [6, 6.07) is 8.73. The first-order valence-corrected chi connectivity index (χ1v) is 10.0. The van der Waals surface area contributed by atoms with Crippen molar-refractivity contribution in [3.05, 3.63) is 30.3 Å². The van der Waals surface area contributed by atoms with Gasteiger partial charge in [-0.1, -0.05) is 44.4 Å². The summed E-state index contributed by atoms with van der Waals surface area (Å²) >= 11 is 6.02. The highest BCUT2D eigenvalue weighted by molar-refractivity contribution is 9.28. The lowest BCUT2D eigenvalue weighted by molar-refractivity contribution is -0.114. The standard InChI is InChI=1S/C14H19Br2NO3S/c1-2-3-4-8-11-21(19,20)14(15,16)13(18)17-12-9-6-5-7-10-12/h5-7,9-10H,2-4,8,11H2,1H3,(H,17,18). The largest absolute Gasteiger partial charge is 0.323 e. The molecule has 0 bridgehead atoms. The second-order valence-electron chi connectivity index (χ2n) is 4.72. The van der Waals surface area contributed by atoms with Gasteiger partial charge in [-0.05, 0) is 50.4 Å². The molecule has 1 aromatic rings. The van der Waals surface area contributed by atoms with Crippen molar-refractivity contribution >= 4 is 53.3 Å². The predicted octanol–water partition coefficient (Wildman–Crippen LogP) is 4.06. The molecule has 1 rings (SSSR count). The van der Waals surface area contributed by atoms with Crippen LogP contribution in [0, 0.1) is 0 Å². The van der Waals surface area contributed by atoms with Crippen LogP contribution in [0.4, 0.5) is 5.69 Å². The first-order chi connectivity index (χ1) is 9.81. The average Bonchev–Trinajstić information content (AvgIpc) is 2.44. The maximum absolute atomic E-state index is 12.3. The highest BCUT2D eigenvalue weighted by Crippen LogP contribution is 2.35. The van der Waals surface area contributed by atoms with Gasteiger partial charge in [0, 0.05) is 5.69 Å². The minimum Gasteiger partial charge on any atom is -0.323 e. The molecule has 1 amide bonds. The number of hydrogen-bond donors (Lipinski definition) is 1. The molecule has 0 saturated carbocycles. The Balaban J connectivity index is 2.71. The molecule has 0 saturated heterocycles. The summed E-state index contributed by atoms with van der Waals surface area (Å²) < 4.78 is 22.8. The minimum atomic E-state index is -3.64. The second-order valence-corrected chi connectivity index (χ2v) is 11.5. The number of carbonyl (C=O) groups excluding carboxylic acids is 1. The number of anilines is 1. The van der Waals surface area contributed by atoms with Crippen LogP contribution in [-0.2, 0) is 14.6 Å². The number of halogens is 2. The van der Waals surface area contributed by atoms with E-state index in [1.807, 2.05) is 6.07 Å². The summed E-state index contributed by atoms with van der Waals surface area (Å²) in [6.45, 7) is 2.06. The zero-order chi connectivity index (χ0) is 15.9. The SMILES string of the molecule is CCCCCCS(=O)(=O)C(Br)(Br)C(=O)Nc1ccccc1. The fourth-order valence-electron chi connectivity index (χ4n) is 1.71. The van der Waals surface area contributed by atoms with Crippen LogP contribution in [0.5, 0.6) is 0 Å². The number of benzene rings is 1. The Labute approximate surface area is 142 Å². The van der Waals surface area contributed by atoms with E-state index in [0.717, 1.165) is 19.3 Å². The highest BCUT2D eigenvalue weighted by atomic mass is 79.9. The van der Waals surface area contributed by atoms with E-state index in [9.17, 15) is 13.2 Å². The zero-order valence-electron chi connectivity index (χ0n) is 11.8. The summed E-state index contributed by atoms with van der Waals surface area (Å²) in [5, 5.41) is 2.58. The lowest BCUT2D eigenvalue weighted by Gasteiger charge is -2.20. The first kappa shape index (κ1) is 18.6. The molecular formula is C14H19Br2NO3S. The van der Waals surface area contributed by atoms with Crippen molar-refractivity contribution in [2.45, 2.75) is 35.2 Å². The Morgan fingerprint density at radius 2 is 1.76 bits per heavy atom. The number of sulfone groups is 1. The fraction of sp³-hybridized carbons (Fsp3) is 0.500. The summed E-state index contributed by atoms with van der Waals surface area (Å²) in [5.74, 6) is -0.685. The minimum absolute atomic E-state index is 0.0360. The first-order valence-electron chi connectivity index (χ1n) is 6.78. The number of amides is 1. The molecule has 0 aromatic heterocycles. The Bertz CT molecular complexity index is 559. The Hall–Kier alpha value is -0.400. The van der Waals surface area contributed by atoms with E-state index >= 15 is 0 Å². The van der Waals surface area contributed by atoms with Crippen molar-refractivity contribution in [2.24, 2.45) is 0 Å². The van der Waals surface area contributed by atoms with Gasteiger partial charge in [0.05, 0.1) is 5.75 Å². The maximum Gasteiger partial charge on any atom is 0.267 e. The van der Waals surface area contributed by atoms with Gasteiger partial charge < -0.3 is 5.32 Å². The van der Waals surface area contributed by atoms with Gasteiger partial charge in [-0.25, -0.2) is 8.42 Å². The van der Waals surface area contributed by atoms with Crippen LogP contribution in [0.3, 0.4) is 0 Å². The van der Waals surface area contributed by atoms with E-state index in [-0.39, 0.29) is 5.75 Å². The number of hydrogen-bond acceptors (Lipinski definition) is 3. The monoisotopic (exact) mass is 439 g/mol. The zero-order valence-corrected chi connectivity index (χ0v) is 15.8. The molecule has 118 valence electrons. The normalized spacial score (nSPS) is 12.1. The third kappa shape index (κ3) is 5.38. The Kier molecular flexibility index (Phi) is 7.36. The maximum atomic E-state index is 12.3. The van der Waals surface area contributed by atoms with E-state index in [1.165, 1.54) is 0 Å². The lowest BCUT2D eigenvalue weighted by Crippen LogP contribution is -2.40. The lowest BCUT2D eigenvalue weighted by atomic mass is 10.2. The van der Waals surface area contributed by atoms with Crippen molar-refractivity contribution < 1.29 is 13.2 Å². The van der Waals surface area contributed by atoms with Gasteiger partial charge in [0.15, 0.2) is 9.84 Å². The van der Waals surface area contributed by atoms with E-state index in [0.29, 0.717) is 12.1 Å². The number of unbranched alkanes of at least 4 members (excludes halogenated alkanes) is 3. The number of para-hydroxylation sites is 1. The van der Waals surface area contributed by atoms with Crippen LogP contribution in [0.15, 0.2) is 30.3 Å². The molecule has 0 aliphatic carbocycles. The summed E-state index contributed by atoms with van der Waals surface area (Å²) in [6.07, 6.45) is 3.41. The highest BCUT2D eigenvalue weighted by Gasteiger charge is 2.45. The van der Waals surface area contributed by atoms with Gasteiger partial charge in [0.25, 0.3) is 8.47 Å². The molecule has 4 nitrogen and oxygen atoms in total. The van der Waals surface area contributed by atoms with Gasteiger partial charge in [0.2, 0.25) is 0 Å². The van der Waals surface area contributed by atoms with E-state index in [4.69, 9.17) is 0 Å². The molecule has 1 N–H and O–H groups in total. The fourth-order valence-corrected chi connectivity index (χ4v) is 4.06. The molecule has 7 heteroatoms. The van der Waals surface area contributed by atoms with Crippen molar-refractivity contribution in [1.82, 2.24) is 0 Å². The average molecular weight is 441 g/mol. The molecule has 1 aromatic carbocycles. The Morgan fingerprint density at radius 3 is 2.33 bits per heavy atom. The van der Waals surface area contributed by atoms with Gasteiger partial charge in [-0.15, -0.1) is 0 Å². The topological polar surface area (TPSA) is 63.2 Å². The van der Waals surface area contributed by atoms with Gasteiger partial charge >= 0.3 is 0 Å². The predicted molar refractivity (Wildman–Crippen MR) is 93.6 cm³/mol. The smallest absolute Gasteiger partial charge is 0.267 e. The second kappa shape index (κ2) is 8.29. The number of rotatable bonds is 8. The van der Waals surface area contributed by atoms with Crippen molar-refractivity contribution in [1.29, 1.82) is 0 Å². The van der Waals surface area contributed by atoms with Crippen molar-refractivity contribution in [3.63, 3.8) is 0 Å². The van der Waals surface area contributed by atoms with Crippen LogP contribution < -0.4 is 5.32 Å². The van der Waals surface area contributed by atoms with E-state index in [2.05, 4.69) is 44.1 Å². The van der Waals surface area contributed by atoms with E-state index in [1.54, 1.807) is 24.3 Å². The molecule has 0 aliphatic rings. The number of carbonyl (C=O) groups is 1. The molecule has 0 radical (unpaired) electrons. The molecule has 0 spiro atoms. The molecule has 21 heavy (non-hydrogen) atoms. The van der Waals surface area contributed by atoms with Crippen LogP contribution in [-0.4, -0.2) is 22.6 Å². The number of alkyl halides is 2. The van der Waals surface area contributed by atoms with Crippen LogP contribution in [0.25, 0.3) is 0 Å². The van der Waals surface area contributed by atoms with Gasteiger partial charge in [-0.3, -0.25) is 4.79 Å². The molecule has 0 fully saturated rings. The van der Waals surface area contributed by atoms with E-state index < -0.39 is 18.3 Å².